The van der Waals surface area contributed by atoms with Crippen LogP contribution in [0, 0.1) is 11.7 Å². The summed E-state index contributed by atoms with van der Waals surface area (Å²) in [6.45, 7) is 6.72. The summed E-state index contributed by atoms with van der Waals surface area (Å²) in [5, 5.41) is 2.97. The van der Waals surface area contributed by atoms with Gasteiger partial charge in [0.15, 0.2) is 4.77 Å². The molecule has 2 rings (SSSR count). The summed E-state index contributed by atoms with van der Waals surface area (Å²) in [6.07, 6.45) is 1.39. The van der Waals surface area contributed by atoms with Gasteiger partial charge in [-0.25, -0.2) is 0 Å². The van der Waals surface area contributed by atoms with Crippen molar-refractivity contribution < 1.29 is 4.79 Å². The molecule has 1 atom stereocenters. The van der Waals surface area contributed by atoms with Gasteiger partial charge >= 0.3 is 0 Å². The van der Waals surface area contributed by atoms with Crippen LogP contribution in [0.2, 0.25) is 0 Å². The first-order valence-electron chi connectivity index (χ1n) is 7.00. The van der Waals surface area contributed by atoms with Crippen LogP contribution in [-0.4, -0.2) is 21.5 Å². The van der Waals surface area contributed by atoms with Crippen molar-refractivity contribution in [3.05, 3.63) is 28.5 Å². The molecule has 0 spiro atoms. The SMILES string of the molecule is CCC(C)NC(=O)CCn1c(=S)[nH]c2c(C)cccc21. The number of aromatic nitrogens is 2. The number of carbonyl (C=O) groups excluding carboxylic acids is 1. The highest BCUT2D eigenvalue weighted by Crippen LogP contribution is 2.18. The van der Waals surface area contributed by atoms with Crippen molar-refractivity contribution in [3.8, 4) is 0 Å². The van der Waals surface area contributed by atoms with Crippen LogP contribution in [0.3, 0.4) is 0 Å². The van der Waals surface area contributed by atoms with Crippen molar-refractivity contribution in [2.24, 2.45) is 0 Å². The van der Waals surface area contributed by atoms with E-state index in [1.54, 1.807) is 0 Å². The summed E-state index contributed by atoms with van der Waals surface area (Å²) < 4.78 is 2.67. The Morgan fingerprint density at radius 1 is 1.50 bits per heavy atom. The summed E-state index contributed by atoms with van der Waals surface area (Å²) in [7, 11) is 0. The van der Waals surface area contributed by atoms with Crippen LogP contribution >= 0.6 is 12.2 Å². The summed E-state index contributed by atoms with van der Waals surface area (Å²) in [5.41, 5.74) is 3.28. The molecule has 0 aliphatic carbocycles. The smallest absolute Gasteiger partial charge is 0.222 e. The molecule has 0 radical (unpaired) electrons. The molecule has 1 unspecified atom stereocenters. The third kappa shape index (κ3) is 3.10. The second-order valence-electron chi connectivity index (χ2n) is 5.18. The second-order valence-corrected chi connectivity index (χ2v) is 5.56. The number of aromatic amines is 1. The van der Waals surface area contributed by atoms with E-state index in [1.165, 1.54) is 0 Å². The monoisotopic (exact) mass is 291 g/mol. The normalized spacial score (nSPS) is 12.6. The average Bonchev–Trinajstić information content (AvgIpc) is 2.74. The van der Waals surface area contributed by atoms with E-state index in [2.05, 4.69) is 17.2 Å². The van der Waals surface area contributed by atoms with E-state index in [0.29, 0.717) is 17.7 Å². The average molecular weight is 291 g/mol. The Hall–Kier alpha value is -1.62. The number of imidazole rings is 1. The zero-order valence-corrected chi connectivity index (χ0v) is 13.0. The minimum Gasteiger partial charge on any atom is -0.354 e. The number of nitrogens with one attached hydrogen (secondary N) is 2. The predicted octanol–water partition coefficient (Wildman–Crippen LogP) is 3.31. The number of benzene rings is 1. The molecular weight excluding hydrogens is 270 g/mol. The van der Waals surface area contributed by atoms with Crippen molar-refractivity contribution >= 4 is 29.2 Å². The fourth-order valence-electron chi connectivity index (χ4n) is 2.21. The highest BCUT2D eigenvalue weighted by molar-refractivity contribution is 7.71. The highest BCUT2D eigenvalue weighted by atomic mass is 32.1. The number of amides is 1. The molecule has 0 aliphatic heterocycles. The minimum absolute atomic E-state index is 0.0725. The van der Waals surface area contributed by atoms with Gasteiger partial charge in [-0.3, -0.25) is 4.79 Å². The van der Waals surface area contributed by atoms with Gasteiger partial charge in [-0.1, -0.05) is 19.1 Å². The molecule has 0 saturated carbocycles. The lowest BCUT2D eigenvalue weighted by molar-refractivity contribution is -0.121. The molecule has 1 heterocycles. The number of para-hydroxylation sites is 1. The van der Waals surface area contributed by atoms with Crippen LogP contribution in [0.15, 0.2) is 18.2 Å². The molecule has 2 aromatic rings. The number of rotatable bonds is 5. The third-order valence-corrected chi connectivity index (χ3v) is 3.92. The Morgan fingerprint density at radius 3 is 2.95 bits per heavy atom. The molecule has 1 amide bonds. The van der Waals surface area contributed by atoms with Gasteiger partial charge in [-0.2, -0.15) is 0 Å². The van der Waals surface area contributed by atoms with Gasteiger partial charge in [0.1, 0.15) is 0 Å². The lowest BCUT2D eigenvalue weighted by atomic mass is 10.2. The van der Waals surface area contributed by atoms with Crippen molar-refractivity contribution in [3.63, 3.8) is 0 Å². The van der Waals surface area contributed by atoms with E-state index in [0.717, 1.165) is 23.0 Å². The molecule has 5 heteroatoms. The number of aryl methyl sites for hydroxylation is 2. The largest absolute Gasteiger partial charge is 0.354 e. The van der Waals surface area contributed by atoms with E-state index in [9.17, 15) is 4.79 Å². The topological polar surface area (TPSA) is 49.8 Å². The van der Waals surface area contributed by atoms with E-state index in [1.807, 2.05) is 36.6 Å². The van der Waals surface area contributed by atoms with Crippen LogP contribution in [0.1, 0.15) is 32.3 Å². The van der Waals surface area contributed by atoms with Gasteiger partial charge in [-0.05, 0) is 44.1 Å². The summed E-state index contributed by atoms with van der Waals surface area (Å²) in [4.78, 5) is 15.1. The Morgan fingerprint density at radius 2 is 2.25 bits per heavy atom. The first-order valence-corrected chi connectivity index (χ1v) is 7.41. The van der Waals surface area contributed by atoms with Crippen LogP contribution in [0.25, 0.3) is 11.0 Å². The summed E-state index contributed by atoms with van der Waals surface area (Å²) >= 11 is 5.35. The summed E-state index contributed by atoms with van der Waals surface area (Å²) in [6, 6.07) is 6.31. The Kier molecular flexibility index (Phi) is 4.60. The highest BCUT2D eigenvalue weighted by Gasteiger charge is 2.09. The van der Waals surface area contributed by atoms with Gasteiger partial charge in [0.25, 0.3) is 0 Å². The molecule has 0 aliphatic rings. The fraction of sp³-hybridized carbons (Fsp3) is 0.467. The van der Waals surface area contributed by atoms with E-state index < -0.39 is 0 Å². The van der Waals surface area contributed by atoms with Gasteiger partial charge in [0.2, 0.25) is 5.91 Å². The molecule has 1 aromatic heterocycles. The number of hydrogen-bond acceptors (Lipinski definition) is 2. The number of carbonyl (C=O) groups is 1. The molecular formula is C15H21N3OS. The molecule has 108 valence electrons. The van der Waals surface area contributed by atoms with Gasteiger partial charge in [0, 0.05) is 19.0 Å². The summed E-state index contributed by atoms with van der Waals surface area (Å²) in [5.74, 6) is 0.0725. The van der Waals surface area contributed by atoms with Gasteiger partial charge in [0.05, 0.1) is 11.0 Å². The van der Waals surface area contributed by atoms with E-state index >= 15 is 0 Å². The van der Waals surface area contributed by atoms with Gasteiger partial charge < -0.3 is 14.9 Å². The molecule has 0 saturated heterocycles. The molecule has 1 aromatic carbocycles. The molecule has 4 nitrogen and oxygen atoms in total. The maximum atomic E-state index is 11.9. The van der Waals surface area contributed by atoms with Crippen LogP contribution in [0.4, 0.5) is 0 Å². The zero-order chi connectivity index (χ0) is 14.7. The standard InChI is InChI=1S/C15H21N3OS/c1-4-11(3)16-13(19)8-9-18-12-7-5-6-10(2)14(12)17-15(18)20/h5-7,11H,4,8-9H2,1-3H3,(H,16,19)(H,17,20). The fourth-order valence-corrected chi connectivity index (χ4v) is 2.50. The second kappa shape index (κ2) is 6.22. The first kappa shape index (κ1) is 14.8. The number of fused-ring (bicyclic) bond motifs is 1. The van der Waals surface area contributed by atoms with Crippen LogP contribution in [0.5, 0.6) is 0 Å². The number of H-pyrrole nitrogens is 1. The molecule has 20 heavy (non-hydrogen) atoms. The number of nitrogens with zero attached hydrogens (tertiary/aromatic N) is 1. The van der Waals surface area contributed by atoms with E-state index in [4.69, 9.17) is 12.2 Å². The quantitative estimate of drug-likeness (QED) is 0.830. The maximum absolute atomic E-state index is 11.9. The van der Waals surface area contributed by atoms with Crippen molar-refractivity contribution in [2.75, 3.05) is 0 Å². The Labute approximate surface area is 124 Å². The first-order chi connectivity index (χ1) is 9.52. The van der Waals surface area contributed by atoms with Crippen molar-refractivity contribution in [1.82, 2.24) is 14.9 Å². The van der Waals surface area contributed by atoms with Crippen molar-refractivity contribution in [2.45, 2.75) is 46.2 Å². The lowest BCUT2D eigenvalue weighted by Crippen LogP contribution is -2.32. The molecule has 0 bridgehead atoms. The molecule has 0 fully saturated rings. The maximum Gasteiger partial charge on any atom is 0.222 e. The molecule has 2 N–H and O–H groups in total. The zero-order valence-electron chi connectivity index (χ0n) is 12.2. The lowest BCUT2D eigenvalue weighted by Gasteiger charge is -2.11. The minimum atomic E-state index is 0.0725. The van der Waals surface area contributed by atoms with E-state index in [-0.39, 0.29) is 11.9 Å². The van der Waals surface area contributed by atoms with Crippen molar-refractivity contribution in [1.29, 1.82) is 0 Å². The Balaban J connectivity index is 2.14. The van der Waals surface area contributed by atoms with Crippen LogP contribution < -0.4 is 5.32 Å². The Bertz CT molecular complexity index is 671. The third-order valence-electron chi connectivity index (χ3n) is 3.60. The predicted molar refractivity (Wildman–Crippen MR) is 84.4 cm³/mol. The van der Waals surface area contributed by atoms with Gasteiger partial charge in [-0.15, -0.1) is 0 Å². The van der Waals surface area contributed by atoms with Crippen LogP contribution in [-0.2, 0) is 11.3 Å². The number of hydrogen-bond donors (Lipinski definition) is 2.